The molecule has 4 nitrogen and oxygen atoms in total. The van der Waals surface area contributed by atoms with Gasteiger partial charge in [-0.05, 0) is 0 Å². The van der Waals surface area contributed by atoms with E-state index in [1.165, 1.54) is 4.88 Å². The van der Waals surface area contributed by atoms with Crippen LogP contribution in [0, 0.1) is 0 Å². The van der Waals surface area contributed by atoms with Crippen molar-refractivity contribution in [3.8, 4) is 0 Å². The molecular formula is C8H9ClN4S. The largest absolute Gasteiger partial charge is 0.253 e. The third-order valence-corrected chi connectivity index (χ3v) is 2.69. The minimum absolute atomic E-state index is 0.583. The number of alkyl halides is 1. The number of rotatable bonds is 4. The van der Waals surface area contributed by atoms with E-state index in [1.54, 1.807) is 16.0 Å². The van der Waals surface area contributed by atoms with Crippen molar-refractivity contribution in [3.05, 3.63) is 28.5 Å². The van der Waals surface area contributed by atoms with Crippen molar-refractivity contribution in [1.82, 2.24) is 20.0 Å². The highest BCUT2D eigenvalue weighted by molar-refractivity contribution is 7.09. The molecule has 2 rings (SSSR count). The van der Waals surface area contributed by atoms with E-state index in [0.29, 0.717) is 5.88 Å². The van der Waals surface area contributed by atoms with Crippen LogP contribution in [0.1, 0.15) is 10.6 Å². The highest BCUT2D eigenvalue weighted by Gasteiger charge is 2.01. The van der Waals surface area contributed by atoms with Gasteiger partial charge in [0.2, 0.25) is 0 Å². The zero-order chi connectivity index (χ0) is 9.80. The molecule has 14 heavy (non-hydrogen) atoms. The average Bonchev–Trinajstić information content (AvgIpc) is 2.79. The molecule has 0 unspecified atom stereocenters. The number of halogens is 1. The Morgan fingerprint density at radius 3 is 3.14 bits per heavy atom. The van der Waals surface area contributed by atoms with Crippen molar-refractivity contribution >= 4 is 22.9 Å². The lowest BCUT2D eigenvalue weighted by molar-refractivity contribution is 0.655. The fourth-order valence-electron chi connectivity index (χ4n) is 1.11. The number of thiazole rings is 1. The quantitative estimate of drug-likeness (QED) is 0.746. The fourth-order valence-corrected chi connectivity index (χ4v) is 1.89. The Morgan fingerprint density at radius 1 is 1.50 bits per heavy atom. The highest BCUT2D eigenvalue weighted by atomic mass is 35.5. The van der Waals surface area contributed by atoms with Gasteiger partial charge >= 0.3 is 0 Å². The van der Waals surface area contributed by atoms with Crippen molar-refractivity contribution in [2.45, 2.75) is 13.0 Å². The van der Waals surface area contributed by atoms with Gasteiger partial charge in [-0.3, -0.25) is 4.98 Å². The lowest BCUT2D eigenvalue weighted by Gasteiger charge is -1.93. The molecule has 6 heteroatoms. The molecule has 0 aromatic carbocycles. The average molecular weight is 229 g/mol. The van der Waals surface area contributed by atoms with Crippen molar-refractivity contribution < 1.29 is 0 Å². The molecule has 0 spiro atoms. The van der Waals surface area contributed by atoms with E-state index in [9.17, 15) is 0 Å². The maximum Gasteiger partial charge on any atom is 0.0839 e. The molecule has 2 aromatic heterocycles. The summed E-state index contributed by atoms with van der Waals surface area (Å²) in [6.07, 6.45) is 4.53. The molecule has 0 aliphatic heterocycles. The van der Waals surface area contributed by atoms with Crippen LogP contribution in [0.3, 0.4) is 0 Å². The summed E-state index contributed by atoms with van der Waals surface area (Å²) in [6.45, 7) is 0.736. The van der Waals surface area contributed by atoms with E-state index in [0.717, 1.165) is 18.7 Å². The Bertz CT molecular complexity index is 384. The molecule has 2 heterocycles. The monoisotopic (exact) mass is 228 g/mol. The molecule has 0 saturated heterocycles. The highest BCUT2D eigenvalue weighted by Crippen LogP contribution is 2.07. The standard InChI is InChI=1S/C8H9ClN4S/c9-2-1-7-4-13(12-11-7)5-8-3-10-6-14-8/h3-4,6H,1-2,5H2. The van der Waals surface area contributed by atoms with Crippen LogP contribution in [-0.4, -0.2) is 25.9 Å². The summed E-state index contributed by atoms with van der Waals surface area (Å²) >= 11 is 7.22. The summed E-state index contributed by atoms with van der Waals surface area (Å²) < 4.78 is 1.80. The van der Waals surface area contributed by atoms with Gasteiger partial charge in [-0.25, -0.2) is 4.68 Å². The molecule has 0 radical (unpaired) electrons. The molecule has 0 bridgehead atoms. The third kappa shape index (κ3) is 2.30. The van der Waals surface area contributed by atoms with Crippen LogP contribution < -0.4 is 0 Å². The van der Waals surface area contributed by atoms with Crippen LogP contribution in [0.25, 0.3) is 0 Å². The van der Waals surface area contributed by atoms with Crippen molar-refractivity contribution in [1.29, 1.82) is 0 Å². The van der Waals surface area contributed by atoms with Gasteiger partial charge < -0.3 is 0 Å². The van der Waals surface area contributed by atoms with E-state index in [-0.39, 0.29) is 0 Å². The van der Waals surface area contributed by atoms with Crippen molar-refractivity contribution in [3.63, 3.8) is 0 Å². The zero-order valence-electron chi connectivity index (χ0n) is 7.43. The first kappa shape index (κ1) is 9.61. The summed E-state index contributed by atoms with van der Waals surface area (Å²) in [6, 6.07) is 0. The first-order valence-corrected chi connectivity index (χ1v) is 5.62. The van der Waals surface area contributed by atoms with E-state index < -0.39 is 0 Å². The Hall–Kier alpha value is -0.940. The molecule has 0 aliphatic carbocycles. The topological polar surface area (TPSA) is 43.6 Å². The van der Waals surface area contributed by atoms with Gasteiger partial charge in [0.05, 0.1) is 17.7 Å². The number of nitrogens with zero attached hydrogens (tertiary/aromatic N) is 4. The summed E-state index contributed by atoms with van der Waals surface area (Å²) in [7, 11) is 0. The Labute approximate surface area is 90.5 Å². The number of hydrogen-bond donors (Lipinski definition) is 0. The van der Waals surface area contributed by atoms with Crippen LogP contribution in [0.4, 0.5) is 0 Å². The SMILES string of the molecule is ClCCc1cn(Cc2cncs2)nn1. The van der Waals surface area contributed by atoms with Gasteiger partial charge in [0.25, 0.3) is 0 Å². The lowest BCUT2D eigenvalue weighted by Crippen LogP contribution is -1.98. The number of aryl methyl sites for hydroxylation is 1. The van der Waals surface area contributed by atoms with Crippen LogP contribution in [0.5, 0.6) is 0 Å². The number of hydrogen-bond acceptors (Lipinski definition) is 4. The normalized spacial score (nSPS) is 10.6. The minimum Gasteiger partial charge on any atom is -0.253 e. The molecule has 0 atom stereocenters. The first-order valence-electron chi connectivity index (χ1n) is 4.21. The second-order valence-corrected chi connectivity index (χ2v) is 4.16. The Kier molecular flexibility index (Phi) is 3.10. The van der Waals surface area contributed by atoms with Gasteiger partial charge in [0, 0.05) is 29.6 Å². The van der Waals surface area contributed by atoms with E-state index >= 15 is 0 Å². The molecule has 2 aromatic rings. The van der Waals surface area contributed by atoms with E-state index in [1.807, 2.05) is 17.9 Å². The summed E-state index contributed by atoms with van der Waals surface area (Å²) in [4.78, 5) is 5.17. The van der Waals surface area contributed by atoms with Gasteiger partial charge in [-0.2, -0.15) is 0 Å². The van der Waals surface area contributed by atoms with E-state index in [4.69, 9.17) is 11.6 Å². The molecule has 74 valence electrons. The predicted octanol–water partition coefficient (Wildman–Crippen LogP) is 1.56. The lowest BCUT2D eigenvalue weighted by atomic mass is 10.4. The second-order valence-electron chi connectivity index (χ2n) is 2.81. The van der Waals surface area contributed by atoms with Gasteiger partial charge in [0.15, 0.2) is 0 Å². The molecule has 0 N–H and O–H groups in total. The zero-order valence-corrected chi connectivity index (χ0v) is 9.00. The Balaban J connectivity index is 2.03. The van der Waals surface area contributed by atoms with Gasteiger partial charge in [-0.1, -0.05) is 5.21 Å². The predicted molar refractivity (Wildman–Crippen MR) is 55.7 cm³/mol. The van der Waals surface area contributed by atoms with Gasteiger partial charge in [-0.15, -0.1) is 28.0 Å². The fraction of sp³-hybridized carbons (Fsp3) is 0.375. The van der Waals surface area contributed by atoms with E-state index in [2.05, 4.69) is 15.3 Å². The van der Waals surface area contributed by atoms with Crippen molar-refractivity contribution in [2.75, 3.05) is 5.88 Å². The smallest absolute Gasteiger partial charge is 0.0839 e. The molecular weight excluding hydrogens is 220 g/mol. The van der Waals surface area contributed by atoms with Crippen LogP contribution in [0.15, 0.2) is 17.9 Å². The number of aromatic nitrogens is 4. The molecule has 0 amide bonds. The summed E-state index contributed by atoms with van der Waals surface area (Å²) in [5.41, 5.74) is 2.75. The molecule has 0 saturated carbocycles. The summed E-state index contributed by atoms with van der Waals surface area (Å²) in [5, 5.41) is 8.00. The first-order chi connectivity index (χ1) is 6.88. The maximum absolute atomic E-state index is 5.60. The van der Waals surface area contributed by atoms with Crippen molar-refractivity contribution in [2.24, 2.45) is 0 Å². The van der Waals surface area contributed by atoms with Gasteiger partial charge in [0.1, 0.15) is 0 Å². The van der Waals surface area contributed by atoms with Crippen LogP contribution in [-0.2, 0) is 13.0 Å². The maximum atomic E-state index is 5.60. The minimum atomic E-state index is 0.583. The Morgan fingerprint density at radius 2 is 2.43 bits per heavy atom. The second kappa shape index (κ2) is 4.52. The van der Waals surface area contributed by atoms with Crippen LogP contribution >= 0.6 is 22.9 Å². The summed E-state index contributed by atoms with van der Waals surface area (Å²) in [5.74, 6) is 0.583. The van der Waals surface area contributed by atoms with Crippen LogP contribution in [0.2, 0.25) is 0 Å². The molecule has 0 fully saturated rings. The molecule has 0 aliphatic rings. The third-order valence-electron chi connectivity index (χ3n) is 1.74.